The second-order valence-corrected chi connectivity index (χ2v) is 8.70. The van der Waals surface area contributed by atoms with Gasteiger partial charge in [-0.1, -0.05) is 18.2 Å². The molecule has 0 radical (unpaired) electrons. The molecular formula is C26H21N5O3S. The zero-order chi connectivity index (χ0) is 24.4. The predicted molar refractivity (Wildman–Crippen MR) is 137 cm³/mol. The molecule has 9 heteroatoms. The van der Waals surface area contributed by atoms with Crippen molar-refractivity contribution in [2.24, 2.45) is 0 Å². The Bertz CT molecular complexity index is 1600. The molecule has 0 spiro atoms. The molecule has 5 aromatic rings. The highest BCUT2D eigenvalue weighted by Gasteiger charge is 2.20. The fraction of sp³-hybridized carbons (Fsp3) is 0.115. The van der Waals surface area contributed by atoms with Gasteiger partial charge in [-0.3, -0.25) is 9.78 Å². The van der Waals surface area contributed by atoms with Crippen LogP contribution in [0.5, 0.6) is 0 Å². The first-order chi connectivity index (χ1) is 17.0. The number of aromatic amines is 1. The Hall–Kier alpha value is -4.37. The number of H-pyrrole nitrogens is 1. The van der Waals surface area contributed by atoms with Crippen molar-refractivity contribution in [1.29, 1.82) is 0 Å². The summed E-state index contributed by atoms with van der Waals surface area (Å²) in [7, 11) is 0. The third-order valence-corrected chi connectivity index (χ3v) is 6.56. The van der Waals surface area contributed by atoms with Gasteiger partial charge in [-0.2, -0.15) is 5.10 Å². The van der Waals surface area contributed by atoms with Gasteiger partial charge in [0, 0.05) is 29.7 Å². The summed E-state index contributed by atoms with van der Waals surface area (Å²) in [5.41, 5.74) is 3.65. The molecule has 1 N–H and O–H groups in total. The van der Waals surface area contributed by atoms with E-state index in [1.807, 2.05) is 54.7 Å². The topological polar surface area (TPSA) is 103 Å². The molecule has 8 nitrogen and oxygen atoms in total. The molecule has 0 bridgehead atoms. The maximum atomic E-state index is 12.8. The molecule has 1 aromatic carbocycles. The van der Waals surface area contributed by atoms with E-state index in [2.05, 4.69) is 15.0 Å². The second kappa shape index (κ2) is 9.47. The SMILES string of the molecule is CCOC(=O)c1sc2nc(/C=C/c3cn(-c4ccccc4)nc3-c3cccnc3)[nH]c(=O)c2c1C. The summed E-state index contributed by atoms with van der Waals surface area (Å²) in [5, 5.41) is 5.17. The van der Waals surface area contributed by atoms with Crippen LogP contribution in [0.3, 0.4) is 0 Å². The van der Waals surface area contributed by atoms with E-state index >= 15 is 0 Å². The van der Waals surface area contributed by atoms with Crippen molar-refractivity contribution in [1.82, 2.24) is 24.7 Å². The van der Waals surface area contributed by atoms with Gasteiger partial charge in [0.25, 0.3) is 5.56 Å². The molecule has 0 aliphatic carbocycles. The molecule has 0 fully saturated rings. The highest BCUT2D eigenvalue weighted by atomic mass is 32.1. The highest BCUT2D eigenvalue weighted by Crippen LogP contribution is 2.28. The molecule has 4 aromatic heterocycles. The molecule has 0 amide bonds. The lowest BCUT2D eigenvalue weighted by molar-refractivity contribution is 0.0531. The molecular weight excluding hydrogens is 462 g/mol. The first-order valence-electron chi connectivity index (χ1n) is 11.0. The van der Waals surface area contributed by atoms with E-state index in [4.69, 9.17) is 9.84 Å². The van der Waals surface area contributed by atoms with Crippen LogP contribution < -0.4 is 5.56 Å². The molecule has 0 saturated heterocycles. The third-order valence-electron chi connectivity index (χ3n) is 5.40. The fourth-order valence-corrected chi connectivity index (χ4v) is 4.83. The summed E-state index contributed by atoms with van der Waals surface area (Å²) in [6.07, 6.45) is 8.97. The van der Waals surface area contributed by atoms with Gasteiger partial charge < -0.3 is 9.72 Å². The van der Waals surface area contributed by atoms with Crippen LogP contribution in [0.4, 0.5) is 0 Å². The fourth-order valence-electron chi connectivity index (χ4n) is 3.75. The van der Waals surface area contributed by atoms with E-state index in [0.717, 1.165) is 33.8 Å². The largest absolute Gasteiger partial charge is 0.462 e. The molecule has 0 aliphatic heterocycles. The van der Waals surface area contributed by atoms with Crippen LogP contribution in [0.15, 0.2) is 65.8 Å². The summed E-state index contributed by atoms with van der Waals surface area (Å²) >= 11 is 1.16. The minimum Gasteiger partial charge on any atom is -0.462 e. The van der Waals surface area contributed by atoms with E-state index < -0.39 is 5.97 Å². The van der Waals surface area contributed by atoms with E-state index in [-0.39, 0.29) is 12.2 Å². The van der Waals surface area contributed by atoms with Gasteiger partial charge in [0.15, 0.2) is 0 Å². The standard InChI is InChI=1S/C26H21N5O3S/c1-3-34-26(33)23-16(2)21-24(32)28-20(29-25(21)35-23)12-11-18-15-31(19-9-5-4-6-10-19)30-22(18)17-8-7-13-27-14-17/h4-15H,3H2,1-2H3,(H,28,29,32)/b12-11+. The summed E-state index contributed by atoms with van der Waals surface area (Å²) < 4.78 is 6.91. The molecule has 4 heterocycles. The zero-order valence-electron chi connectivity index (χ0n) is 19.1. The van der Waals surface area contributed by atoms with E-state index in [0.29, 0.717) is 26.5 Å². The Morgan fingerprint density at radius 2 is 2.00 bits per heavy atom. The van der Waals surface area contributed by atoms with Crippen molar-refractivity contribution in [2.75, 3.05) is 6.61 Å². The predicted octanol–water partition coefficient (Wildman–Crippen LogP) is 4.89. The monoisotopic (exact) mass is 483 g/mol. The molecule has 0 unspecified atom stereocenters. The Balaban J connectivity index is 1.56. The van der Waals surface area contributed by atoms with E-state index in [1.54, 1.807) is 37.0 Å². The van der Waals surface area contributed by atoms with Crippen LogP contribution in [0.25, 0.3) is 39.3 Å². The van der Waals surface area contributed by atoms with Crippen molar-refractivity contribution in [3.8, 4) is 16.9 Å². The summed E-state index contributed by atoms with van der Waals surface area (Å²) in [5.74, 6) is -0.0670. The Morgan fingerprint density at radius 1 is 1.17 bits per heavy atom. The van der Waals surface area contributed by atoms with Gasteiger partial charge >= 0.3 is 5.97 Å². The van der Waals surface area contributed by atoms with Crippen molar-refractivity contribution in [3.05, 3.63) is 93.2 Å². The highest BCUT2D eigenvalue weighted by molar-refractivity contribution is 7.20. The number of rotatable bonds is 6. The lowest BCUT2D eigenvalue weighted by atomic mass is 10.1. The minimum atomic E-state index is -0.445. The number of aryl methyl sites for hydroxylation is 1. The summed E-state index contributed by atoms with van der Waals surface area (Å²) in [6.45, 7) is 3.74. The van der Waals surface area contributed by atoms with Gasteiger partial charge in [0.1, 0.15) is 21.2 Å². The average molecular weight is 484 g/mol. The molecule has 0 atom stereocenters. The van der Waals surface area contributed by atoms with Crippen LogP contribution in [0.2, 0.25) is 0 Å². The number of ether oxygens (including phenoxy) is 1. The number of nitrogens with zero attached hydrogens (tertiary/aromatic N) is 4. The number of hydrogen-bond donors (Lipinski definition) is 1. The quantitative estimate of drug-likeness (QED) is 0.345. The number of aromatic nitrogens is 5. The molecule has 5 rings (SSSR count). The lowest BCUT2D eigenvalue weighted by Crippen LogP contribution is -2.10. The first kappa shape index (κ1) is 22.4. The van der Waals surface area contributed by atoms with Gasteiger partial charge in [-0.25, -0.2) is 14.5 Å². The van der Waals surface area contributed by atoms with Crippen molar-refractivity contribution in [2.45, 2.75) is 13.8 Å². The number of benzene rings is 1. The van der Waals surface area contributed by atoms with E-state index in [1.165, 1.54) is 0 Å². The smallest absolute Gasteiger partial charge is 0.348 e. The molecule has 174 valence electrons. The number of carbonyl (C=O) groups is 1. The van der Waals surface area contributed by atoms with Crippen LogP contribution in [-0.2, 0) is 4.74 Å². The molecule has 35 heavy (non-hydrogen) atoms. The van der Waals surface area contributed by atoms with Gasteiger partial charge in [-0.05, 0) is 55.8 Å². The number of esters is 1. The molecule has 0 saturated carbocycles. The number of hydrogen-bond acceptors (Lipinski definition) is 7. The van der Waals surface area contributed by atoms with Crippen LogP contribution in [-0.4, -0.2) is 37.3 Å². The van der Waals surface area contributed by atoms with Crippen molar-refractivity contribution in [3.63, 3.8) is 0 Å². The normalized spacial score (nSPS) is 11.4. The number of nitrogens with one attached hydrogen (secondary N) is 1. The van der Waals surface area contributed by atoms with E-state index in [9.17, 15) is 9.59 Å². The third kappa shape index (κ3) is 4.41. The lowest BCUT2D eigenvalue weighted by Gasteiger charge is -2.00. The number of thiophene rings is 1. The van der Waals surface area contributed by atoms with Crippen LogP contribution in [0.1, 0.15) is 33.5 Å². The second-order valence-electron chi connectivity index (χ2n) is 7.70. The number of pyridine rings is 1. The Labute approximate surface area is 204 Å². The number of fused-ring (bicyclic) bond motifs is 1. The van der Waals surface area contributed by atoms with Gasteiger partial charge in [0.05, 0.1) is 17.7 Å². The summed E-state index contributed by atoms with van der Waals surface area (Å²) in [4.78, 5) is 37.5. The number of carbonyl (C=O) groups excluding carboxylic acids is 1. The first-order valence-corrected chi connectivity index (χ1v) is 11.8. The van der Waals surface area contributed by atoms with Crippen molar-refractivity contribution >= 4 is 39.7 Å². The minimum absolute atomic E-state index is 0.264. The maximum Gasteiger partial charge on any atom is 0.348 e. The Morgan fingerprint density at radius 3 is 2.74 bits per heavy atom. The average Bonchev–Trinajstić information content (AvgIpc) is 3.45. The number of para-hydroxylation sites is 1. The Kier molecular flexibility index (Phi) is 6.07. The van der Waals surface area contributed by atoms with Gasteiger partial charge in [-0.15, -0.1) is 11.3 Å². The zero-order valence-corrected chi connectivity index (χ0v) is 19.9. The van der Waals surface area contributed by atoms with Crippen molar-refractivity contribution < 1.29 is 9.53 Å². The summed E-state index contributed by atoms with van der Waals surface area (Å²) in [6, 6.07) is 13.6. The van der Waals surface area contributed by atoms with Crippen LogP contribution >= 0.6 is 11.3 Å². The maximum absolute atomic E-state index is 12.8. The van der Waals surface area contributed by atoms with Gasteiger partial charge in [0.2, 0.25) is 0 Å². The van der Waals surface area contributed by atoms with Crippen LogP contribution in [0, 0.1) is 6.92 Å². The molecule has 0 aliphatic rings.